The molecule has 1 fully saturated rings. The summed E-state index contributed by atoms with van der Waals surface area (Å²) in [5, 5.41) is 4.38. The van der Waals surface area contributed by atoms with E-state index in [-0.39, 0.29) is 6.04 Å². The Kier molecular flexibility index (Phi) is 6.67. The van der Waals surface area contributed by atoms with Gasteiger partial charge in [-0.25, -0.2) is 9.97 Å². The van der Waals surface area contributed by atoms with E-state index in [1.807, 2.05) is 12.3 Å². The third kappa shape index (κ3) is 4.51. The smallest absolute Gasteiger partial charge is 0.212 e. The minimum absolute atomic E-state index is 0.259. The largest absolute Gasteiger partial charge is 0.481 e. The van der Waals surface area contributed by atoms with Gasteiger partial charge < -0.3 is 19.9 Å². The molecule has 4 heterocycles. The van der Waals surface area contributed by atoms with Crippen LogP contribution in [0.3, 0.4) is 0 Å². The number of hydrogen-bond acceptors (Lipinski definition) is 5. The summed E-state index contributed by atoms with van der Waals surface area (Å²) in [6.45, 7) is 6.15. The van der Waals surface area contributed by atoms with Crippen LogP contribution in [-0.4, -0.2) is 58.2 Å². The highest BCUT2D eigenvalue weighted by molar-refractivity contribution is 7.80. The average Bonchev–Trinajstić information content (AvgIpc) is 3.15. The molecule has 0 aromatic carbocycles. The number of pyridine rings is 2. The summed E-state index contributed by atoms with van der Waals surface area (Å²) in [5.74, 6) is 1.73. The van der Waals surface area contributed by atoms with E-state index in [4.69, 9.17) is 21.9 Å². The molecule has 0 unspecified atom stereocenters. The second kappa shape index (κ2) is 9.60. The fourth-order valence-electron chi connectivity index (χ4n) is 4.40. The second-order valence-corrected chi connectivity index (χ2v) is 8.33. The Morgan fingerprint density at radius 2 is 2.13 bits per heavy atom. The van der Waals surface area contributed by atoms with Crippen LogP contribution in [0.1, 0.15) is 49.0 Å². The Morgan fingerprint density at radius 3 is 2.90 bits per heavy atom. The van der Waals surface area contributed by atoms with Gasteiger partial charge in [-0.1, -0.05) is 19.1 Å². The Morgan fingerprint density at radius 1 is 1.23 bits per heavy atom. The van der Waals surface area contributed by atoms with Crippen LogP contribution in [0.4, 0.5) is 5.82 Å². The summed E-state index contributed by atoms with van der Waals surface area (Å²) >= 11 is 5.84. The van der Waals surface area contributed by atoms with Crippen molar-refractivity contribution in [3.63, 3.8) is 0 Å². The van der Waals surface area contributed by atoms with Crippen LogP contribution in [0.15, 0.2) is 30.5 Å². The molecule has 0 spiro atoms. The fourth-order valence-corrected chi connectivity index (χ4v) is 4.80. The number of thiocarbonyl (C=S) groups is 1. The second-order valence-electron chi connectivity index (χ2n) is 7.97. The number of fused-ring (bicyclic) bond motifs is 1. The number of nitrogens with zero attached hydrogens (tertiary/aromatic N) is 4. The number of nitrogens with one attached hydrogen (secondary N) is 1. The van der Waals surface area contributed by atoms with Gasteiger partial charge in [-0.05, 0) is 61.5 Å². The SMILES string of the molecule is CC[C@@H](c1ccc(OC)nc1)N1CCN(CCCc2ccc3c(n2)NCCC3)C1=S. The molecule has 4 rings (SSSR count). The maximum atomic E-state index is 5.84. The summed E-state index contributed by atoms with van der Waals surface area (Å²) in [6.07, 6.45) is 7.27. The highest BCUT2D eigenvalue weighted by Crippen LogP contribution is 2.29. The van der Waals surface area contributed by atoms with Gasteiger partial charge in [0.05, 0.1) is 13.2 Å². The molecule has 0 aliphatic carbocycles. The van der Waals surface area contributed by atoms with Gasteiger partial charge in [-0.3, -0.25) is 0 Å². The molecular formula is C23H31N5OS. The average molecular weight is 426 g/mol. The Hall–Kier alpha value is -2.41. The molecule has 1 N–H and O–H groups in total. The van der Waals surface area contributed by atoms with Crippen molar-refractivity contribution in [1.82, 2.24) is 19.8 Å². The molecular weight excluding hydrogens is 394 g/mol. The topological polar surface area (TPSA) is 53.5 Å². The van der Waals surface area contributed by atoms with E-state index in [0.29, 0.717) is 5.88 Å². The van der Waals surface area contributed by atoms with Crippen molar-refractivity contribution < 1.29 is 4.74 Å². The molecule has 0 bridgehead atoms. The first-order valence-corrected chi connectivity index (χ1v) is 11.4. The molecule has 0 radical (unpaired) electrons. The number of rotatable bonds is 8. The lowest BCUT2D eigenvalue weighted by molar-refractivity contribution is 0.339. The van der Waals surface area contributed by atoms with Crippen molar-refractivity contribution in [2.45, 2.75) is 45.1 Å². The first-order valence-electron chi connectivity index (χ1n) is 11.0. The van der Waals surface area contributed by atoms with Crippen molar-refractivity contribution in [2.24, 2.45) is 0 Å². The lowest BCUT2D eigenvalue weighted by Gasteiger charge is -2.29. The molecule has 2 aliphatic heterocycles. The van der Waals surface area contributed by atoms with Crippen molar-refractivity contribution in [1.29, 1.82) is 0 Å². The zero-order valence-electron chi connectivity index (χ0n) is 17.9. The molecule has 1 saturated heterocycles. The molecule has 0 saturated carbocycles. The number of anilines is 1. The molecule has 0 amide bonds. The summed E-state index contributed by atoms with van der Waals surface area (Å²) in [7, 11) is 1.64. The minimum Gasteiger partial charge on any atom is -0.481 e. The quantitative estimate of drug-likeness (QED) is 0.645. The van der Waals surface area contributed by atoms with Gasteiger partial charge in [0.25, 0.3) is 0 Å². The van der Waals surface area contributed by atoms with Gasteiger partial charge in [0.2, 0.25) is 5.88 Å². The molecule has 160 valence electrons. The van der Waals surface area contributed by atoms with E-state index in [2.05, 4.69) is 45.2 Å². The molecule has 1 atom stereocenters. The standard InChI is InChI=1S/C23H31N5OS/c1-3-20(18-9-11-21(29-2)25-16-18)28-15-14-27(23(28)30)13-5-7-19-10-8-17-6-4-12-24-22(17)26-19/h8-11,16,20H,3-7,12-15H2,1-2H3,(H,24,26)/t20-/m0/s1. The number of aryl methyl sites for hydroxylation is 2. The number of methoxy groups -OCH3 is 1. The highest BCUT2D eigenvalue weighted by atomic mass is 32.1. The monoisotopic (exact) mass is 425 g/mol. The Bertz CT molecular complexity index is 872. The Labute approximate surface area is 184 Å². The summed E-state index contributed by atoms with van der Waals surface area (Å²) in [5.41, 5.74) is 3.70. The summed E-state index contributed by atoms with van der Waals surface area (Å²) < 4.78 is 5.19. The minimum atomic E-state index is 0.259. The Balaban J connectivity index is 1.32. The van der Waals surface area contributed by atoms with Gasteiger partial charge in [-0.15, -0.1) is 0 Å². The van der Waals surface area contributed by atoms with Crippen molar-refractivity contribution >= 4 is 23.1 Å². The molecule has 2 aliphatic rings. The van der Waals surface area contributed by atoms with Gasteiger partial charge in [-0.2, -0.15) is 0 Å². The van der Waals surface area contributed by atoms with Crippen molar-refractivity contribution in [3.05, 3.63) is 47.3 Å². The third-order valence-electron chi connectivity index (χ3n) is 6.06. The van der Waals surface area contributed by atoms with E-state index in [0.717, 1.165) is 62.8 Å². The first kappa shape index (κ1) is 20.8. The summed E-state index contributed by atoms with van der Waals surface area (Å²) in [6, 6.07) is 8.70. The van der Waals surface area contributed by atoms with E-state index < -0.39 is 0 Å². The van der Waals surface area contributed by atoms with Crippen LogP contribution in [0.25, 0.3) is 0 Å². The van der Waals surface area contributed by atoms with E-state index in [1.165, 1.54) is 23.2 Å². The molecule has 6 nitrogen and oxygen atoms in total. The predicted octanol–water partition coefficient (Wildman–Crippen LogP) is 3.83. The van der Waals surface area contributed by atoms with Crippen LogP contribution >= 0.6 is 12.2 Å². The van der Waals surface area contributed by atoms with Crippen molar-refractivity contribution in [2.75, 3.05) is 38.6 Å². The molecule has 2 aromatic rings. The maximum absolute atomic E-state index is 5.84. The molecule has 2 aromatic heterocycles. The molecule has 30 heavy (non-hydrogen) atoms. The number of ether oxygens (including phenoxy) is 1. The van der Waals surface area contributed by atoms with Gasteiger partial charge in [0, 0.05) is 44.1 Å². The van der Waals surface area contributed by atoms with Crippen molar-refractivity contribution in [3.8, 4) is 5.88 Å². The predicted molar refractivity (Wildman–Crippen MR) is 124 cm³/mol. The highest BCUT2D eigenvalue weighted by Gasteiger charge is 2.30. The molecule has 7 heteroatoms. The van der Waals surface area contributed by atoms with Gasteiger partial charge in [0.1, 0.15) is 5.82 Å². The third-order valence-corrected chi connectivity index (χ3v) is 6.55. The van der Waals surface area contributed by atoms with Crippen LogP contribution in [-0.2, 0) is 12.8 Å². The lowest BCUT2D eigenvalue weighted by atomic mass is 10.1. The normalized spacial score (nSPS) is 16.9. The fraction of sp³-hybridized carbons (Fsp3) is 0.522. The summed E-state index contributed by atoms with van der Waals surface area (Å²) in [4.78, 5) is 13.9. The van der Waals surface area contributed by atoms with Crippen LogP contribution in [0, 0.1) is 0 Å². The van der Waals surface area contributed by atoms with Crippen LogP contribution < -0.4 is 10.1 Å². The lowest BCUT2D eigenvalue weighted by Crippen LogP contribution is -2.35. The van der Waals surface area contributed by atoms with Gasteiger partial charge >= 0.3 is 0 Å². The first-order chi connectivity index (χ1) is 14.7. The zero-order valence-corrected chi connectivity index (χ0v) is 18.7. The maximum Gasteiger partial charge on any atom is 0.212 e. The zero-order chi connectivity index (χ0) is 20.9. The van der Waals surface area contributed by atoms with Gasteiger partial charge in [0.15, 0.2) is 5.11 Å². The number of hydrogen-bond donors (Lipinski definition) is 1. The number of aromatic nitrogens is 2. The van der Waals surface area contributed by atoms with E-state index in [1.54, 1.807) is 7.11 Å². The van der Waals surface area contributed by atoms with E-state index >= 15 is 0 Å². The van der Waals surface area contributed by atoms with Crippen LogP contribution in [0.5, 0.6) is 5.88 Å². The van der Waals surface area contributed by atoms with Crippen LogP contribution in [0.2, 0.25) is 0 Å². The van der Waals surface area contributed by atoms with E-state index in [9.17, 15) is 0 Å².